The first-order chi connectivity index (χ1) is 24.2. The molecule has 4 rings (SSSR count). The molecule has 0 aliphatic rings. The highest BCUT2D eigenvalue weighted by Crippen LogP contribution is 2.44. The summed E-state index contributed by atoms with van der Waals surface area (Å²) in [6.07, 6.45) is 22.6. The third kappa shape index (κ3) is 12.5. The number of hydrogen-bond donors (Lipinski definition) is 0. The predicted molar refractivity (Wildman–Crippen MR) is 204 cm³/mol. The molecule has 0 radical (unpaired) electrons. The Labute approximate surface area is 296 Å². The Morgan fingerprint density at radius 2 is 0.980 bits per heavy atom. The second-order valence-electron chi connectivity index (χ2n) is 13.8. The minimum Gasteiger partial charge on any atom is -0.490 e. The van der Waals surface area contributed by atoms with Gasteiger partial charge in [0, 0.05) is 17.9 Å². The van der Waals surface area contributed by atoms with E-state index in [0.717, 1.165) is 19.3 Å². The molecule has 0 saturated heterocycles. The van der Waals surface area contributed by atoms with Crippen LogP contribution >= 0.6 is 0 Å². The number of unbranched alkanes of at least 4 members (excludes halogenated alkanes) is 15. The van der Waals surface area contributed by atoms with Gasteiger partial charge in [-0.15, -0.1) is 0 Å². The summed E-state index contributed by atoms with van der Waals surface area (Å²) >= 11 is 0. The molecule has 0 unspecified atom stereocenters. The molecule has 3 heteroatoms. The van der Waals surface area contributed by atoms with Crippen LogP contribution in [0.5, 0.6) is 5.75 Å². The number of nitriles is 1. The van der Waals surface area contributed by atoms with Gasteiger partial charge in [-0.1, -0.05) is 194 Å². The highest BCUT2D eigenvalue weighted by Gasteiger charge is 2.39. The summed E-state index contributed by atoms with van der Waals surface area (Å²) in [6, 6.07) is 38.5. The summed E-state index contributed by atoms with van der Waals surface area (Å²) in [7, 11) is 0. The highest BCUT2D eigenvalue weighted by atomic mass is 19.1. The Kier molecular flexibility index (Phi) is 17.0. The first kappa shape index (κ1) is 37.9. The zero-order chi connectivity index (χ0) is 34.4. The number of rotatable bonds is 24. The molecule has 0 spiro atoms. The fourth-order valence-corrected chi connectivity index (χ4v) is 7.37. The first-order valence-electron chi connectivity index (χ1n) is 19.2. The van der Waals surface area contributed by atoms with Gasteiger partial charge in [0.25, 0.3) is 0 Å². The fraction of sp³-hybridized carbons (Fsp3) is 0.457. The molecule has 0 aromatic heterocycles. The Morgan fingerprint density at radius 1 is 0.571 bits per heavy atom. The van der Waals surface area contributed by atoms with Crippen LogP contribution in [0.25, 0.3) is 0 Å². The van der Waals surface area contributed by atoms with Crippen molar-refractivity contribution in [1.29, 1.82) is 5.26 Å². The third-order valence-corrected chi connectivity index (χ3v) is 10.0. The average Bonchev–Trinajstić information content (AvgIpc) is 3.14. The maximum atomic E-state index is 14.6. The minimum atomic E-state index is -0.477. The smallest absolute Gasteiger partial charge is 0.128 e. The Morgan fingerprint density at radius 3 is 1.39 bits per heavy atom. The first-order valence-corrected chi connectivity index (χ1v) is 19.2. The lowest BCUT2D eigenvalue weighted by atomic mass is 9.66. The fourth-order valence-electron chi connectivity index (χ4n) is 7.37. The zero-order valence-corrected chi connectivity index (χ0v) is 29.9. The van der Waals surface area contributed by atoms with E-state index < -0.39 is 11.2 Å². The van der Waals surface area contributed by atoms with Gasteiger partial charge < -0.3 is 4.74 Å². The summed E-state index contributed by atoms with van der Waals surface area (Å²) < 4.78 is 21.3. The SMILES string of the molecule is CCCCCCCCCCCCCCCCCC[C@@H](CC(c1ccccc1)(c1ccccc1)c1ccccc1)Oc1cc(F)cc(C#N)c1. The molecule has 49 heavy (non-hydrogen) atoms. The maximum absolute atomic E-state index is 14.6. The van der Waals surface area contributed by atoms with Gasteiger partial charge >= 0.3 is 0 Å². The van der Waals surface area contributed by atoms with Crippen LogP contribution in [0.15, 0.2) is 109 Å². The molecule has 4 aromatic carbocycles. The molecule has 0 bridgehead atoms. The van der Waals surface area contributed by atoms with Crippen molar-refractivity contribution in [3.63, 3.8) is 0 Å². The second-order valence-corrected chi connectivity index (χ2v) is 13.8. The standard InChI is InChI=1S/C46H58FNO/c1-2-3-4-5-6-7-8-9-10-11-12-13-14-15-16-26-33-44(49-45-35-39(38-48)34-43(47)36-45)37-46(40-27-20-17-21-28-40,41-29-22-18-23-30-41)42-31-24-19-25-32-42/h17-25,27-32,34-36,44H,2-16,26,33,37H2,1H3/t44-/m0/s1. The van der Waals surface area contributed by atoms with Crippen molar-refractivity contribution in [2.45, 2.75) is 134 Å². The van der Waals surface area contributed by atoms with Crippen LogP contribution in [-0.4, -0.2) is 6.10 Å². The molecule has 0 amide bonds. The van der Waals surface area contributed by atoms with E-state index in [-0.39, 0.29) is 11.7 Å². The van der Waals surface area contributed by atoms with Crippen molar-refractivity contribution in [2.24, 2.45) is 0 Å². The van der Waals surface area contributed by atoms with Crippen LogP contribution in [0.3, 0.4) is 0 Å². The van der Waals surface area contributed by atoms with Crippen LogP contribution in [0.1, 0.15) is 145 Å². The molecule has 2 nitrogen and oxygen atoms in total. The van der Waals surface area contributed by atoms with Gasteiger partial charge in [0.1, 0.15) is 17.7 Å². The normalized spacial score (nSPS) is 12.0. The molecular weight excluding hydrogens is 602 g/mol. The largest absolute Gasteiger partial charge is 0.490 e. The molecule has 0 aliphatic carbocycles. The van der Waals surface area contributed by atoms with Crippen LogP contribution in [-0.2, 0) is 5.41 Å². The average molecular weight is 660 g/mol. The molecule has 0 fully saturated rings. The highest BCUT2D eigenvalue weighted by molar-refractivity contribution is 5.50. The number of nitrogens with zero attached hydrogens (tertiary/aromatic N) is 1. The quantitative estimate of drug-likeness (QED) is 0.0554. The van der Waals surface area contributed by atoms with Crippen LogP contribution < -0.4 is 4.74 Å². The Balaban J connectivity index is 1.39. The van der Waals surface area contributed by atoms with Gasteiger partial charge in [-0.05, 0) is 41.7 Å². The summed E-state index contributed by atoms with van der Waals surface area (Å²) in [5, 5.41) is 9.54. The molecule has 260 valence electrons. The lowest BCUT2D eigenvalue weighted by Crippen LogP contribution is -2.36. The Hall–Kier alpha value is -3.90. The summed E-state index contributed by atoms with van der Waals surface area (Å²) in [5.41, 5.74) is 3.39. The lowest BCUT2D eigenvalue weighted by Gasteiger charge is -2.39. The molecule has 0 aliphatic heterocycles. The third-order valence-electron chi connectivity index (χ3n) is 10.0. The van der Waals surface area contributed by atoms with Crippen molar-refractivity contribution >= 4 is 0 Å². The topological polar surface area (TPSA) is 33.0 Å². The van der Waals surface area contributed by atoms with Crippen LogP contribution in [0, 0.1) is 17.1 Å². The van der Waals surface area contributed by atoms with Gasteiger partial charge in [-0.25, -0.2) is 4.39 Å². The number of benzene rings is 4. The second kappa shape index (κ2) is 21.9. The molecular formula is C46H58FNO. The van der Waals surface area contributed by atoms with Gasteiger partial charge in [0.05, 0.1) is 11.6 Å². The number of hydrogen-bond acceptors (Lipinski definition) is 2. The van der Waals surface area contributed by atoms with E-state index >= 15 is 0 Å². The molecule has 1 atom stereocenters. The number of ether oxygens (including phenoxy) is 1. The zero-order valence-electron chi connectivity index (χ0n) is 29.9. The predicted octanol–water partition coefficient (Wildman–Crippen LogP) is 13.5. The Bertz CT molecular complexity index is 1380. The van der Waals surface area contributed by atoms with Gasteiger partial charge in [-0.2, -0.15) is 5.26 Å². The van der Waals surface area contributed by atoms with E-state index in [2.05, 4.69) is 104 Å². The van der Waals surface area contributed by atoms with Crippen molar-refractivity contribution < 1.29 is 9.13 Å². The monoisotopic (exact) mass is 659 g/mol. The molecule has 0 heterocycles. The van der Waals surface area contributed by atoms with Crippen molar-refractivity contribution in [1.82, 2.24) is 0 Å². The summed E-state index contributed by atoms with van der Waals surface area (Å²) in [5.74, 6) is -0.0308. The summed E-state index contributed by atoms with van der Waals surface area (Å²) in [6.45, 7) is 2.28. The van der Waals surface area contributed by atoms with E-state index in [1.54, 1.807) is 6.07 Å². The van der Waals surface area contributed by atoms with E-state index in [4.69, 9.17) is 4.74 Å². The minimum absolute atomic E-state index is 0.194. The van der Waals surface area contributed by atoms with E-state index in [0.29, 0.717) is 12.2 Å². The van der Waals surface area contributed by atoms with Crippen molar-refractivity contribution in [3.05, 3.63) is 137 Å². The van der Waals surface area contributed by atoms with E-state index in [1.807, 2.05) is 0 Å². The maximum Gasteiger partial charge on any atom is 0.128 e. The van der Waals surface area contributed by atoms with E-state index in [1.165, 1.54) is 119 Å². The molecule has 0 N–H and O–H groups in total. The van der Waals surface area contributed by atoms with E-state index in [9.17, 15) is 9.65 Å². The molecule has 4 aromatic rings. The lowest BCUT2D eigenvalue weighted by molar-refractivity contribution is 0.158. The van der Waals surface area contributed by atoms with Crippen molar-refractivity contribution in [3.8, 4) is 11.8 Å². The number of halogens is 1. The van der Waals surface area contributed by atoms with Crippen molar-refractivity contribution in [2.75, 3.05) is 0 Å². The van der Waals surface area contributed by atoms with Gasteiger partial charge in [0.15, 0.2) is 0 Å². The summed E-state index contributed by atoms with van der Waals surface area (Å²) in [4.78, 5) is 0. The van der Waals surface area contributed by atoms with Crippen LogP contribution in [0.2, 0.25) is 0 Å². The van der Waals surface area contributed by atoms with Crippen LogP contribution in [0.4, 0.5) is 4.39 Å². The van der Waals surface area contributed by atoms with Gasteiger partial charge in [0.2, 0.25) is 0 Å². The molecule has 0 saturated carbocycles. The van der Waals surface area contributed by atoms with Gasteiger partial charge in [-0.3, -0.25) is 0 Å².